The van der Waals surface area contributed by atoms with E-state index in [1.165, 1.54) is 13.2 Å². The van der Waals surface area contributed by atoms with E-state index in [1.54, 1.807) is 6.07 Å². The van der Waals surface area contributed by atoms with Gasteiger partial charge in [0.05, 0.1) is 7.11 Å². The van der Waals surface area contributed by atoms with E-state index in [0.717, 1.165) is 19.3 Å². The molecule has 164 valence electrons. The SMILES string of the molecule is COC(=O)C(CC1CCCNC1=O)NC(=O)C(CC1CC1)NC(=O)c1ccc(Cl)[nH]1. The second-order valence-corrected chi connectivity index (χ2v) is 8.28. The van der Waals surface area contributed by atoms with Crippen LogP contribution in [0.1, 0.15) is 49.0 Å². The van der Waals surface area contributed by atoms with E-state index in [2.05, 4.69) is 20.9 Å². The predicted molar refractivity (Wildman–Crippen MR) is 109 cm³/mol. The molecule has 10 heteroatoms. The minimum Gasteiger partial charge on any atom is -0.467 e. The number of hydrogen-bond donors (Lipinski definition) is 4. The molecule has 1 saturated heterocycles. The topological polar surface area (TPSA) is 129 Å². The Morgan fingerprint density at radius 3 is 2.53 bits per heavy atom. The first-order valence-electron chi connectivity index (χ1n) is 10.2. The predicted octanol–water partition coefficient (Wildman–Crippen LogP) is 1.14. The lowest BCUT2D eigenvalue weighted by Crippen LogP contribution is -2.53. The van der Waals surface area contributed by atoms with Crippen molar-refractivity contribution in [1.29, 1.82) is 0 Å². The van der Waals surface area contributed by atoms with E-state index < -0.39 is 29.9 Å². The summed E-state index contributed by atoms with van der Waals surface area (Å²) in [5, 5.41) is 8.50. The molecule has 3 amide bonds. The van der Waals surface area contributed by atoms with Gasteiger partial charge in [-0.1, -0.05) is 24.4 Å². The molecule has 2 heterocycles. The third-order valence-electron chi connectivity index (χ3n) is 5.50. The molecule has 2 fully saturated rings. The van der Waals surface area contributed by atoms with Gasteiger partial charge in [-0.3, -0.25) is 14.4 Å². The van der Waals surface area contributed by atoms with Crippen LogP contribution in [0.15, 0.2) is 12.1 Å². The summed E-state index contributed by atoms with van der Waals surface area (Å²) in [6.45, 7) is 0.614. The zero-order valence-corrected chi connectivity index (χ0v) is 17.6. The van der Waals surface area contributed by atoms with Crippen molar-refractivity contribution in [3.8, 4) is 0 Å². The Hall–Kier alpha value is -2.55. The Kier molecular flexibility index (Phi) is 7.36. The van der Waals surface area contributed by atoms with Crippen LogP contribution < -0.4 is 16.0 Å². The highest BCUT2D eigenvalue weighted by molar-refractivity contribution is 6.29. The Balaban J connectivity index is 1.66. The van der Waals surface area contributed by atoms with Crippen LogP contribution in [-0.2, 0) is 19.1 Å². The van der Waals surface area contributed by atoms with Crippen molar-refractivity contribution in [3.05, 3.63) is 23.0 Å². The maximum Gasteiger partial charge on any atom is 0.328 e. The fourth-order valence-corrected chi connectivity index (χ4v) is 3.79. The van der Waals surface area contributed by atoms with Crippen LogP contribution in [0, 0.1) is 11.8 Å². The number of aromatic nitrogens is 1. The van der Waals surface area contributed by atoms with Crippen molar-refractivity contribution in [3.63, 3.8) is 0 Å². The average molecular weight is 439 g/mol. The van der Waals surface area contributed by atoms with Crippen molar-refractivity contribution in [2.75, 3.05) is 13.7 Å². The Morgan fingerprint density at radius 2 is 1.93 bits per heavy atom. The molecule has 1 aliphatic carbocycles. The Bertz CT molecular complexity index is 807. The number of rotatable bonds is 9. The van der Waals surface area contributed by atoms with E-state index in [4.69, 9.17) is 16.3 Å². The van der Waals surface area contributed by atoms with Gasteiger partial charge in [0.15, 0.2) is 0 Å². The maximum atomic E-state index is 13.0. The lowest BCUT2D eigenvalue weighted by atomic mass is 9.91. The van der Waals surface area contributed by atoms with Gasteiger partial charge in [0.25, 0.3) is 5.91 Å². The standard InChI is InChI=1S/C20H27ClN4O5/c1-30-20(29)15(10-12-3-2-8-22-17(12)26)25-19(28)14(9-11-4-5-11)24-18(27)13-6-7-16(21)23-13/h6-7,11-12,14-15,23H,2-5,8-10H2,1H3,(H,22,26)(H,24,27)(H,25,28). The summed E-state index contributed by atoms with van der Waals surface area (Å²) in [6, 6.07) is 1.31. The van der Waals surface area contributed by atoms with Gasteiger partial charge in [0.2, 0.25) is 11.8 Å². The summed E-state index contributed by atoms with van der Waals surface area (Å²) in [5.41, 5.74) is 0.247. The summed E-state index contributed by atoms with van der Waals surface area (Å²) in [6.07, 6.45) is 4.08. The van der Waals surface area contributed by atoms with Gasteiger partial charge >= 0.3 is 5.97 Å². The largest absolute Gasteiger partial charge is 0.467 e. The van der Waals surface area contributed by atoms with E-state index in [0.29, 0.717) is 30.5 Å². The van der Waals surface area contributed by atoms with Gasteiger partial charge in [0, 0.05) is 12.5 Å². The summed E-state index contributed by atoms with van der Waals surface area (Å²) >= 11 is 5.82. The molecule has 0 radical (unpaired) electrons. The molecule has 1 aliphatic heterocycles. The molecule has 0 spiro atoms. The zero-order valence-electron chi connectivity index (χ0n) is 16.8. The maximum absolute atomic E-state index is 13.0. The average Bonchev–Trinajstić information content (AvgIpc) is 3.44. The smallest absolute Gasteiger partial charge is 0.328 e. The lowest BCUT2D eigenvalue weighted by molar-refractivity contribution is -0.146. The Morgan fingerprint density at radius 1 is 1.17 bits per heavy atom. The fourth-order valence-electron chi connectivity index (χ4n) is 3.63. The van der Waals surface area contributed by atoms with Gasteiger partial charge < -0.3 is 25.7 Å². The number of carbonyl (C=O) groups is 4. The molecular weight excluding hydrogens is 412 g/mol. The molecule has 1 aromatic rings. The van der Waals surface area contributed by atoms with Crippen molar-refractivity contribution in [1.82, 2.24) is 20.9 Å². The number of amides is 3. The van der Waals surface area contributed by atoms with Crippen LogP contribution in [0.4, 0.5) is 0 Å². The molecule has 4 N–H and O–H groups in total. The van der Waals surface area contributed by atoms with Crippen molar-refractivity contribution in [2.45, 2.75) is 50.6 Å². The lowest BCUT2D eigenvalue weighted by Gasteiger charge is -2.27. The van der Waals surface area contributed by atoms with E-state index >= 15 is 0 Å². The van der Waals surface area contributed by atoms with Crippen molar-refractivity contribution in [2.24, 2.45) is 11.8 Å². The summed E-state index contributed by atoms with van der Waals surface area (Å²) in [5.74, 6) is -1.69. The second kappa shape index (κ2) is 9.97. The van der Waals surface area contributed by atoms with Crippen LogP contribution in [-0.4, -0.2) is 54.4 Å². The number of aromatic amines is 1. The zero-order chi connectivity index (χ0) is 21.7. The highest BCUT2D eigenvalue weighted by atomic mass is 35.5. The highest BCUT2D eigenvalue weighted by Crippen LogP contribution is 2.33. The number of halogens is 1. The fraction of sp³-hybridized carbons (Fsp3) is 0.600. The van der Waals surface area contributed by atoms with E-state index in [-0.39, 0.29) is 23.9 Å². The van der Waals surface area contributed by atoms with Crippen LogP contribution in [0.25, 0.3) is 0 Å². The van der Waals surface area contributed by atoms with Crippen LogP contribution in [0.2, 0.25) is 5.15 Å². The number of hydrogen-bond acceptors (Lipinski definition) is 5. The summed E-state index contributed by atoms with van der Waals surface area (Å²) < 4.78 is 4.82. The summed E-state index contributed by atoms with van der Waals surface area (Å²) in [7, 11) is 1.24. The van der Waals surface area contributed by atoms with Crippen LogP contribution in [0.3, 0.4) is 0 Å². The number of ether oxygens (including phenoxy) is 1. The first-order valence-corrected chi connectivity index (χ1v) is 10.6. The quantitative estimate of drug-likeness (QED) is 0.429. The molecule has 3 unspecified atom stereocenters. The normalized spacial score (nSPS) is 20.6. The summed E-state index contributed by atoms with van der Waals surface area (Å²) in [4.78, 5) is 52.5. The number of esters is 1. The first kappa shape index (κ1) is 22.1. The monoisotopic (exact) mass is 438 g/mol. The van der Waals surface area contributed by atoms with E-state index in [1.807, 2.05) is 0 Å². The minimum atomic E-state index is -0.963. The second-order valence-electron chi connectivity index (χ2n) is 7.88. The molecule has 9 nitrogen and oxygen atoms in total. The van der Waals surface area contributed by atoms with Gasteiger partial charge in [-0.2, -0.15) is 0 Å². The number of nitrogens with one attached hydrogen (secondary N) is 4. The first-order chi connectivity index (χ1) is 14.4. The molecular formula is C20H27ClN4O5. The molecule has 3 atom stereocenters. The van der Waals surface area contributed by atoms with Crippen molar-refractivity contribution >= 4 is 35.3 Å². The third kappa shape index (κ3) is 5.98. The minimum absolute atomic E-state index is 0.129. The van der Waals surface area contributed by atoms with Crippen LogP contribution in [0.5, 0.6) is 0 Å². The van der Waals surface area contributed by atoms with Gasteiger partial charge in [-0.15, -0.1) is 0 Å². The number of methoxy groups -OCH3 is 1. The molecule has 0 bridgehead atoms. The number of carbonyl (C=O) groups excluding carboxylic acids is 4. The molecule has 2 aliphatic rings. The van der Waals surface area contributed by atoms with E-state index in [9.17, 15) is 19.2 Å². The van der Waals surface area contributed by atoms with Crippen LogP contribution >= 0.6 is 11.6 Å². The highest BCUT2D eigenvalue weighted by Gasteiger charge is 2.35. The van der Waals surface area contributed by atoms with Gasteiger partial charge in [-0.05, 0) is 43.7 Å². The molecule has 3 rings (SSSR count). The number of piperidine rings is 1. The molecule has 0 aromatic carbocycles. The number of H-pyrrole nitrogens is 1. The molecule has 1 saturated carbocycles. The van der Waals surface area contributed by atoms with Crippen molar-refractivity contribution < 1.29 is 23.9 Å². The van der Waals surface area contributed by atoms with Gasteiger partial charge in [-0.25, -0.2) is 4.79 Å². The van der Waals surface area contributed by atoms with Gasteiger partial charge in [0.1, 0.15) is 22.9 Å². The molecule has 1 aromatic heterocycles. The molecule has 30 heavy (non-hydrogen) atoms. The third-order valence-corrected chi connectivity index (χ3v) is 5.73. The Labute approximate surface area is 179 Å².